The molecule has 178 valence electrons. The lowest BCUT2D eigenvalue weighted by Gasteiger charge is -2.19. The fourth-order valence-electron chi connectivity index (χ4n) is 4.02. The van der Waals surface area contributed by atoms with Gasteiger partial charge in [-0.15, -0.1) is 0 Å². The fourth-order valence-corrected chi connectivity index (χ4v) is 4.02. The zero-order valence-corrected chi connectivity index (χ0v) is 17.8. The largest absolute Gasteiger partial charge is 0.481 e. The van der Waals surface area contributed by atoms with Gasteiger partial charge in [-0.3, -0.25) is 4.79 Å². The average molecular weight is 457 g/mol. The molecule has 0 unspecified atom stereocenters. The van der Waals surface area contributed by atoms with Crippen LogP contribution in [0.15, 0.2) is 48.6 Å². The van der Waals surface area contributed by atoms with Crippen molar-refractivity contribution in [2.24, 2.45) is 11.8 Å². The number of unbranched alkanes of at least 4 members (excludes halogenated alkanes) is 1. The van der Waals surface area contributed by atoms with E-state index >= 15 is 0 Å². The van der Waals surface area contributed by atoms with Crippen molar-refractivity contribution >= 4 is 5.97 Å². The van der Waals surface area contributed by atoms with Gasteiger partial charge in [-0.05, 0) is 49.7 Å². The number of halogens is 3. The SMILES string of the molecule is O=C(O)CCC/C=C/C[C@@H]1[C@@H](/C=C/[C@@H](O)CCc2cccc(C(F)(F)F)c2)[C@H](O)C[C@@H]1O. The van der Waals surface area contributed by atoms with Crippen LogP contribution >= 0.6 is 0 Å². The van der Waals surface area contributed by atoms with Crippen LogP contribution in [-0.2, 0) is 17.4 Å². The van der Waals surface area contributed by atoms with Crippen LogP contribution in [0, 0.1) is 11.8 Å². The van der Waals surface area contributed by atoms with Gasteiger partial charge in [0, 0.05) is 18.8 Å². The summed E-state index contributed by atoms with van der Waals surface area (Å²) in [4.78, 5) is 10.5. The molecule has 0 aromatic heterocycles. The van der Waals surface area contributed by atoms with Gasteiger partial charge < -0.3 is 20.4 Å². The molecule has 1 aromatic rings. The first-order valence-corrected chi connectivity index (χ1v) is 10.8. The van der Waals surface area contributed by atoms with Gasteiger partial charge in [-0.2, -0.15) is 13.2 Å². The standard InChI is InChI=1S/C24H31F3O5/c25-24(26,27)17-7-5-6-16(14-17)10-11-18(28)12-13-20-19(21(29)15-22(20)30)8-3-1-2-4-9-23(31)32/h1,3,5-7,12-14,18-22,28-30H,2,4,8-11,15H2,(H,31,32)/b3-1+,13-12+/t18-,19+,20+,21-,22+/m0/s1. The van der Waals surface area contributed by atoms with Crippen LogP contribution in [0.25, 0.3) is 0 Å². The Labute approximate surface area is 185 Å². The predicted octanol–water partition coefficient (Wildman–Crippen LogP) is 4.11. The lowest BCUT2D eigenvalue weighted by Crippen LogP contribution is -2.20. The molecule has 8 heteroatoms. The zero-order chi connectivity index (χ0) is 23.7. The lowest BCUT2D eigenvalue weighted by molar-refractivity contribution is -0.138. The van der Waals surface area contributed by atoms with Gasteiger partial charge >= 0.3 is 12.1 Å². The van der Waals surface area contributed by atoms with Crippen LogP contribution in [0.5, 0.6) is 0 Å². The van der Waals surface area contributed by atoms with Crippen molar-refractivity contribution in [3.8, 4) is 0 Å². The molecule has 0 heterocycles. The molecular formula is C24H31F3O5. The van der Waals surface area contributed by atoms with Crippen LogP contribution in [0.2, 0.25) is 0 Å². The minimum Gasteiger partial charge on any atom is -0.481 e. The summed E-state index contributed by atoms with van der Waals surface area (Å²) < 4.78 is 38.4. The quantitative estimate of drug-likeness (QED) is 0.297. The van der Waals surface area contributed by atoms with Crippen LogP contribution < -0.4 is 0 Å². The van der Waals surface area contributed by atoms with Gasteiger partial charge in [0.05, 0.1) is 23.9 Å². The highest BCUT2D eigenvalue weighted by Crippen LogP contribution is 2.36. The number of benzene rings is 1. The van der Waals surface area contributed by atoms with Gasteiger partial charge in [-0.1, -0.05) is 42.5 Å². The number of allylic oxidation sites excluding steroid dienone is 2. The van der Waals surface area contributed by atoms with Gasteiger partial charge in [0.2, 0.25) is 0 Å². The normalized spacial score (nSPS) is 25.1. The molecule has 0 aliphatic heterocycles. The Morgan fingerprint density at radius 2 is 1.94 bits per heavy atom. The Morgan fingerprint density at radius 3 is 2.62 bits per heavy atom. The summed E-state index contributed by atoms with van der Waals surface area (Å²) >= 11 is 0. The molecule has 0 bridgehead atoms. The van der Waals surface area contributed by atoms with Gasteiger partial charge in [-0.25, -0.2) is 0 Å². The number of rotatable bonds is 11. The number of aliphatic carboxylic acids is 1. The lowest BCUT2D eigenvalue weighted by atomic mass is 9.89. The van der Waals surface area contributed by atoms with Crippen molar-refractivity contribution in [2.75, 3.05) is 0 Å². The van der Waals surface area contributed by atoms with E-state index in [0.29, 0.717) is 24.8 Å². The number of hydrogen-bond donors (Lipinski definition) is 4. The van der Waals surface area contributed by atoms with Crippen molar-refractivity contribution < 1.29 is 38.4 Å². The van der Waals surface area contributed by atoms with E-state index in [2.05, 4.69) is 0 Å². The number of alkyl halides is 3. The van der Waals surface area contributed by atoms with Crippen molar-refractivity contribution in [3.63, 3.8) is 0 Å². The minimum absolute atomic E-state index is 0.0961. The van der Waals surface area contributed by atoms with E-state index in [-0.39, 0.29) is 37.5 Å². The zero-order valence-electron chi connectivity index (χ0n) is 17.8. The Bertz CT molecular complexity index is 790. The Hall–Kier alpha value is -2.16. The van der Waals surface area contributed by atoms with Crippen LogP contribution in [0.3, 0.4) is 0 Å². The maximum atomic E-state index is 12.8. The highest BCUT2D eigenvalue weighted by molar-refractivity contribution is 5.66. The fraction of sp³-hybridized carbons (Fsp3) is 0.542. The molecule has 1 aromatic carbocycles. The van der Waals surface area contributed by atoms with Crippen molar-refractivity contribution in [1.82, 2.24) is 0 Å². The Kier molecular flexibility index (Phi) is 9.93. The van der Waals surface area contributed by atoms with Crippen LogP contribution in [0.4, 0.5) is 13.2 Å². The molecule has 0 saturated heterocycles. The molecule has 1 fully saturated rings. The number of aliphatic hydroxyl groups is 3. The molecule has 4 N–H and O–H groups in total. The molecule has 5 atom stereocenters. The second-order valence-corrected chi connectivity index (χ2v) is 8.29. The topological polar surface area (TPSA) is 98.0 Å². The second-order valence-electron chi connectivity index (χ2n) is 8.29. The monoisotopic (exact) mass is 456 g/mol. The van der Waals surface area contributed by atoms with E-state index in [0.717, 1.165) is 12.1 Å². The first-order chi connectivity index (χ1) is 15.1. The van der Waals surface area contributed by atoms with E-state index < -0.39 is 36.0 Å². The molecule has 32 heavy (non-hydrogen) atoms. The van der Waals surface area contributed by atoms with Gasteiger partial charge in [0.15, 0.2) is 0 Å². The Balaban J connectivity index is 1.87. The number of aryl methyl sites for hydroxylation is 1. The molecule has 0 amide bonds. The summed E-state index contributed by atoms with van der Waals surface area (Å²) in [6, 6.07) is 5.01. The predicted molar refractivity (Wildman–Crippen MR) is 114 cm³/mol. The summed E-state index contributed by atoms with van der Waals surface area (Å²) in [5, 5.41) is 39.4. The average Bonchev–Trinajstić information content (AvgIpc) is 2.99. The summed E-state index contributed by atoms with van der Waals surface area (Å²) in [7, 11) is 0. The first kappa shape index (κ1) is 26.1. The number of carboxylic acids is 1. The number of carboxylic acid groups (broad SMARTS) is 1. The molecule has 0 radical (unpaired) electrons. The molecule has 1 saturated carbocycles. The molecule has 5 nitrogen and oxygen atoms in total. The molecule has 1 aliphatic carbocycles. The molecule has 2 rings (SSSR count). The third kappa shape index (κ3) is 8.41. The third-order valence-corrected chi connectivity index (χ3v) is 5.79. The van der Waals surface area contributed by atoms with Gasteiger partial charge in [0.25, 0.3) is 0 Å². The molecular weight excluding hydrogens is 425 g/mol. The van der Waals surface area contributed by atoms with E-state index in [1.54, 1.807) is 12.1 Å². The van der Waals surface area contributed by atoms with E-state index in [4.69, 9.17) is 5.11 Å². The number of hydrogen-bond acceptors (Lipinski definition) is 4. The number of carbonyl (C=O) groups is 1. The van der Waals surface area contributed by atoms with E-state index in [1.807, 2.05) is 12.2 Å². The Morgan fingerprint density at radius 1 is 1.19 bits per heavy atom. The third-order valence-electron chi connectivity index (χ3n) is 5.79. The molecule has 1 aliphatic rings. The van der Waals surface area contributed by atoms with E-state index in [9.17, 15) is 33.3 Å². The number of aliphatic hydroxyl groups excluding tert-OH is 3. The summed E-state index contributed by atoms with van der Waals surface area (Å²) in [6.07, 6.45) is 2.71. The second kappa shape index (κ2) is 12.2. The minimum atomic E-state index is -4.41. The highest BCUT2D eigenvalue weighted by atomic mass is 19.4. The highest BCUT2D eigenvalue weighted by Gasteiger charge is 2.39. The van der Waals surface area contributed by atoms with E-state index in [1.165, 1.54) is 12.1 Å². The van der Waals surface area contributed by atoms with Crippen molar-refractivity contribution in [2.45, 2.75) is 69.4 Å². The summed E-state index contributed by atoms with van der Waals surface area (Å²) in [5.74, 6) is -1.42. The maximum absolute atomic E-state index is 12.8. The van der Waals surface area contributed by atoms with Crippen LogP contribution in [-0.4, -0.2) is 44.7 Å². The van der Waals surface area contributed by atoms with Crippen molar-refractivity contribution in [1.29, 1.82) is 0 Å². The molecule has 0 spiro atoms. The van der Waals surface area contributed by atoms with Crippen molar-refractivity contribution in [3.05, 3.63) is 59.7 Å². The first-order valence-electron chi connectivity index (χ1n) is 10.8. The summed E-state index contributed by atoms with van der Waals surface area (Å²) in [5.41, 5.74) is -0.239. The summed E-state index contributed by atoms with van der Waals surface area (Å²) in [6.45, 7) is 0. The maximum Gasteiger partial charge on any atom is 0.416 e. The van der Waals surface area contributed by atoms with Crippen LogP contribution in [0.1, 0.15) is 49.7 Å². The van der Waals surface area contributed by atoms with Gasteiger partial charge in [0.1, 0.15) is 0 Å². The smallest absolute Gasteiger partial charge is 0.416 e.